The first-order valence-corrected chi connectivity index (χ1v) is 5.14. The molecule has 1 rings (SSSR count). The van der Waals surface area contributed by atoms with Crippen molar-refractivity contribution >= 4 is 11.8 Å². The highest BCUT2D eigenvalue weighted by atomic mass is 16.3. The van der Waals surface area contributed by atoms with Gasteiger partial charge in [-0.3, -0.25) is 0 Å². The standard InChI is InChI=1S/C13H18O/c1-4-6-11-7-8-12(5-2)13(9-11)10(3)14/h5,7-9,14H,4,6H2,1-3H3/b12-5-,13-10+. The number of rotatable bonds is 2. The van der Waals surface area contributed by atoms with Gasteiger partial charge in [0.05, 0.1) is 5.76 Å². The number of benzene rings is 1. The molecular weight excluding hydrogens is 172 g/mol. The molecule has 0 aliphatic heterocycles. The number of hydrogen-bond acceptors (Lipinski definition) is 1. The van der Waals surface area contributed by atoms with Gasteiger partial charge in [-0.15, -0.1) is 0 Å². The molecule has 0 amide bonds. The fourth-order valence-electron chi connectivity index (χ4n) is 1.61. The summed E-state index contributed by atoms with van der Waals surface area (Å²) in [6, 6.07) is 6.28. The van der Waals surface area contributed by atoms with Crippen LogP contribution >= 0.6 is 0 Å². The van der Waals surface area contributed by atoms with Gasteiger partial charge in [0.2, 0.25) is 0 Å². The minimum Gasteiger partial charge on any atom is -0.512 e. The maximum Gasteiger partial charge on any atom is 0.0969 e. The summed E-state index contributed by atoms with van der Waals surface area (Å²) in [5.41, 5.74) is 1.29. The second-order valence-corrected chi connectivity index (χ2v) is 3.55. The third-order valence-electron chi connectivity index (χ3n) is 2.36. The van der Waals surface area contributed by atoms with Crippen molar-refractivity contribution in [3.8, 4) is 0 Å². The Labute approximate surface area is 85.4 Å². The highest BCUT2D eigenvalue weighted by Crippen LogP contribution is 1.97. The number of hydrogen-bond donors (Lipinski definition) is 1. The number of aryl methyl sites for hydroxylation is 1. The van der Waals surface area contributed by atoms with Crippen molar-refractivity contribution in [3.63, 3.8) is 0 Å². The Morgan fingerprint density at radius 1 is 1.43 bits per heavy atom. The lowest BCUT2D eigenvalue weighted by molar-refractivity contribution is 0.498. The highest BCUT2D eigenvalue weighted by molar-refractivity contribution is 5.37. The lowest BCUT2D eigenvalue weighted by atomic mass is 10.1. The molecule has 0 fully saturated rings. The summed E-state index contributed by atoms with van der Waals surface area (Å²) in [4.78, 5) is 0. The van der Waals surface area contributed by atoms with Gasteiger partial charge in [0.1, 0.15) is 0 Å². The molecule has 1 aromatic rings. The molecule has 0 heterocycles. The zero-order chi connectivity index (χ0) is 10.6. The van der Waals surface area contributed by atoms with Gasteiger partial charge in [-0.1, -0.05) is 31.6 Å². The van der Waals surface area contributed by atoms with E-state index in [4.69, 9.17) is 0 Å². The van der Waals surface area contributed by atoms with E-state index >= 15 is 0 Å². The average Bonchev–Trinajstić information content (AvgIpc) is 2.18. The number of aliphatic hydroxyl groups is 1. The van der Waals surface area contributed by atoms with Gasteiger partial charge >= 0.3 is 0 Å². The van der Waals surface area contributed by atoms with E-state index in [-0.39, 0.29) is 0 Å². The van der Waals surface area contributed by atoms with Crippen LogP contribution in [0.4, 0.5) is 0 Å². The Bertz CT molecular complexity index is 411. The summed E-state index contributed by atoms with van der Waals surface area (Å²) in [7, 11) is 0. The molecule has 1 nitrogen and oxygen atoms in total. The van der Waals surface area contributed by atoms with E-state index in [0.29, 0.717) is 5.76 Å². The van der Waals surface area contributed by atoms with Gasteiger partial charge in [-0.25, -0.2) is 0 Å². The molecule has 0 spiro atoms. The van der Waals surface area contributed by atoms with Gasteiger partial charge in [-0.05, 0) is 37.1 Å². The van der Waals surface area contributed by atoms with E-state index in [1.54, 1.807) is 6.92 Å². The summed E-state index contributed by atoms with van der Waals surface area (Å²) in [6.07, 6.45) is 4.23. The van der Waals surface area contributed by atoms with E-state index < -0.39 is 0 Å². The minimum atomic E-state index is 0.399. The van der Waals surface area contributed by atoms with Crippen molar-refractivity contribution in [2.24, 2.45) is 0 Å². The molecule has 0 aromatic heterocycles. The van der Waals surface area contributed by atoms with Crippen LogP contribution < -0.4 is 10.4 Å². The molecule has 0 bridgehead atoms. The van der Waals surface area contributed by atoms with Crippen molar-refractivity contribution in [1.82, 2.24) is 0 Å². The maximum absolute atomic E-state index is 9.52. The van der Waals surface area contributed by atoms with Crippen LogP contribution in [0.3, 0.4) is 0 Å². The summed E-state index contributed by atoms with van der Waals surface area (Å²) < 4.78 is 0. The van der Waals surface area contributed by atoms with Crippen LogP contribution in [0.1, 0.15) is 32.8 Å². The molecule has 0 unspecified atom stereocenters. The van der Waals surface area contributed by atoms with Gasteiger partial charge in [0, 0.05) is 5.22 Å². The lowest BCUT2D eigenvalue weighted by Crippen LogP contribution is -2.26. The molecule has 1 aromatic carbocycles. The van der Waals surface area contributed by atoms with Gasteiger partial charge in [0.25, 0.3) is 0 Å². The molecule has 0 radical (unpaired) electrons. The summed E-state index contributed by atoms with van der Waals surface area (Å²) in [5, 5.41) is 11.6. The van der Waals surface area contributed by atoms with Crippen molar-refractivity contribution in [1.29, 1.82) is 0 Å². The topological polar surface area (TPSA) is 20.2 Å². The molecule has 14 heavy (non-hydrogen) atoms. The van der Waals surface area contributed by atoms with Crippen LogP contribution in [0.25, 0.3) is 11.8 Å². The highest BCUT2D eigenvalue weighted by Gasteiger charge is 1.94. The molecule has 1 heteroatoms. The molecule has 0 atom stereocenters. The third kappa shape index (κ3) is 2.38. The Balaban J connectivity index is 3.38. The van der Waals surface area contributed by atoms with Crippen molar-refractivity contribution in [2.45, 2.75) is 33.6 Å². The Kier molecular flexibility index (Phi) is 3.75. The average molecular weight is 190 g/mol. The van der Waals surface area contributed by atoms with Crippen molar-refractivity contribution < 1.29 is 5.11 Å². The van der Waals surface area contributed by atoms with Crippen LogP contribution in [-0.4, -0.2) is 5.11 Å². The van der Waals surface area contributed by atoms with E-state index in [0.717, 1.165) is 23.3 Å². The zero-order valence-corrected chi connectivity index (χ0v) is 9.17. The SMILES string of the molecule is C/C=c1/ccc(CCC)c/c1=C(/C)O. The fraction of sp³-hybridized carbons (Fsp3) is 0.385. The fourth-order valence-corrected chi connectivity index (χ4v) is 1.61. The molecular formula is C13H18O. The van der Waals surface area contributed by atoms with Crippen LogP contribution in [0.5, 0.6) is 0 Å². The molecule has 1 N–H and O–H groups in total. The molecule has 76 valence electrons. The van der Waals surface area contributed by atoms with Gasteiger partial charge in [-0.2, -0.15) is 0 Å². The Morgan fingerprint density at radius 2 is 2.14 bits per heavy atom. The first-order chi connectivity index (χ1) is 6.69. The van der Waals surface area contributed by atoms with Crippen molar-refractivity contribution in [2.75, 3.05) is 0 Å². The number of aliphatic hydroxyl groups excluding tert-OH is 1. The largest absolute Gasteiger partial charge is 0.512 e. The molecule has 0 aliphatic rings. The minimum absolute atomic E-state index is 0.399. The van der Waals surface area contributed by atoms with E-state index in [9.17, 15) is 5.11 Å². The predicted molar refractivity (Wildman–Crippen MR) is 61.5 cm³/mol. The first kappa shape index (κ1) is 10.8. The Hall–Kier alpha value is -1.24. The second kappa shape index (κ2) is 4.85. The molecule has 0 aliphatic carbocycles. The summed E-state index contributed by atoms with van der Waals surface area (Å²) >= 11 is 0. The second-order valence-electron chi connectivity index (χ2n) is 3.55. The van der Waals surface area contributed by atoms with Crippen LogP contribution in [-0.2, 0) is 6.42 Å². The van der Waals surface area contributed by atoms with Crippen LogP contribution in [0, 0.1) is 0 Å². The monoisotopic (exact) mass is 190 g/mol. The van der Waals surface area contributed by atoms with Gasteiger partial charge < -0.3 is 5.11 Å². The first-order valence-electron chi connectivity index (χ1n) is 5.14. The zero-order valence-electron chi connectivity index (χ0n) is 9.17. The van der Waals surface area contributed by atoms with Crippen LogP contribution in [0.2, 0.25) is 0 Å². The van der Waals surface area contributed by atoms with E-state index in [1.165, 1.54) is 5.56 Å². The predicted octanol–water partition coefficient (Wildman–Crippen LogP) is 2.13. The summed E-state index contributed by atoms with van der Waals surface area (Å²) in [5.74, 6) is 0.399. The normalized spacial score (nSPS) is 14.4. The molecule has 0 saturated carbocycles. The quantitative estimate of drug-likeness (QED) is 0.757. The van der Waals surface area contributed by atoms with E-state index in [1.807, 2.05) is 13.0 Å². The smallest absolute Gasteiger partial charge is 0.0969 e. The maximum atomic E-state index is 9.52. The van der Waals surface area contributed by atoms with E-state index in [2.05, 4.69) is 25.1 Å². The molecule has 0 saturated heterocycles. The van der Waals surface area contributed by atoms with Crippen molar-refractivity contribution in [3.05, 3.63) is 34.2 Å². The summed E-state index contributed by atoms with van der Waals surface area (Å²) in [6.45, 7) is 5.88. The third-order valence-corrected chi connectivity index (χ3v) is 2.36. The van der Waals surface area contributed by atoms with Crippen LogP contribution in [0.15, 0.2) is 18.2 Å². The Morgan fingerprint density at radius 3 is 2.64 bits per heavy atom. The lowest BCUT2D eigenvalue weighted by Gasteiger charge is -1.99. The van der Waals surface area contributed by atoms with Gasteiger partial charge in [0.15, 0.2) is 0 Å².